The van der Waals surface area contributed by atoms with Crippen molar-refractivity contribution in [2.75, 3.05) is 17.3 Å². The molecule has 1 N–H and O–H groups in total. The summed E-state index contributed by atoms with van der Waals surface area (Å²) in [6, 6.07) is 17.4. The second kappa shape index (κ2) is 8.35. The lowest BCUT2D eigenvalue weighted by molar-refractivity contribution is -0.114. The third-order valence-electron chi connectivity index (χ3n) is 4.82. The van der Waals surface area contributed by atoms with E-state index in [9.17, 15) is 19.2 Å². The number of carbonyl (C=O) groups is 4. The largest absolute Gasteiger partial charge is 0.465 e. The second-order valence-electron chi connectivity index (χ2n) is 7.00. The Morgan fingerprint density at radius 1 is 0.812 bits per heavy atom. The maximum Gasteiger partial charge on any atom is 0.337 e. The minimum Gasteiger partial charge on any atom is -0.465 e. The summed E-state index contributed by atoms with van der Waals surface area (Å²) in [5.41, 5.74) is 1.78. The first-order valence-corrected chi connectivity index (χ1v) is 9.64. The van der Waals surface area contributed by atoms with Crippen LogP contribution >= 0.6 is 0 Å². The van der Waals surface area contributed by atoms with Gasteiger partial charge in [0.05, 0.1) is 29.5 Å². The first-order chi connectivity index (χ1) is 15.4. The quantitative estimate of drug-likeness (QED) is 0.484. The fourth-order valence-corrected chi connectivity index (χ4v) is 3.33. The molecule has 0 fully saturated rings. The van der Waals surface area contributed by atoms with E-state index in [0.717, 1.165) is 4.90 Å². The average Bonchev–Trinajstić information content (AvgIpc) is 3.04. The maximum absolute atomic E-state index is 13.0. The van der Waals surface area contributed by atoms with E-state index in [0.29, 0.717) is 28.4 Å². The predicted octanol–water partition coefficient (Wildman–Crippen LogP) is 4.02. The Morgan fingerprint density at radius 2 is 1.44 bits per heavy atom. The summed E-state index contributed by atoms with van der Waals surface area (Å²) in [7, 11) is 1.28. The molecule has 32 heavy (non-hydrogen) atoms. The van der Waals surface area contributed by atoms with Crippen molar-refractivity contribution >= 4 is 35.1 Å². The van der Waals surface area contributed by atoms with Gasteiger partial charge in [-0.25, -0.2) is 9.69 Å². The third kappa shape index (κ3) is 3.93. The summed E-state index contributed by atoms with van der Waals surface area (Å²) in [6.07, 6.45) is 0. The van der Waals surface area contributed by atoms with Gasteiger partial charge in [0.2, 0.25) is 5.91 Å². The number of ether oxygens (including phenoxy) is 2. The zero-order chi connectivity index (χ0) is 22.8. The molecule has 1 heterocycles. The highest BCUT2D eigenvalue weighted by Gasteiger charge is 2.37. The highest BCUT2D eigenvalue weighted by atomic mass is 16.5. The first kappa shape index (κ1) is 20.8. The first-order valence-electron chi connectivity index (χ1n) is 9.64. The molecule has 0 radical (unpaired) electrons. The van der Waals surface area contributed by atoms with Gasteiger partial charge in [0.15, 0.2) is 0 Å². The normalized spacial score (nSPS) is 12.4. The maximum atomic E-state index is 13.0. The smallest absolute Gasteiger partial charge is 0.337 e. The molecule has 0 atom stereocenters. The molecule has 3 aromatic rings. The van der Waals surface area contributed by atoms with Gasteiger partial charge in [-0.15, -0.1) is 0 Å². The van der Waals surface area contributed by atoms with Gasteiger partial charge in [-0.2, -0.15) is 0 Å². The number of fused-ring (bicyclic) bond motifs is 1. The van der Waals surface area contributed by atoms with Gasteiger partial charge in [-0.1, -0.05) is 0 Å². The van der Waals surface area contributed by atoms with E-state index in [1.807, 2.05) is 0 Å². The van der Waals surface area contributed by atoms with E-state index in [4.69, 9.17) is 4.74 Å². The number of imide groups is 1. The Hall–Kier alpha value is -4.46. The van der Waals surface area contributed by atoms with Crippen molar-refractivity contribution in [1.29, 1.82) is 0 Å². The van der Waals surface area contributed by atoms with Crippen molar-refractivity contribution in [1.82, 2.24) is 0 Å². The van der Waals surface area contributed by atoms with Gasteiger partial charge in [0.1, 0.15) is 11.5 Å². The van der Waals surface area contributed by atoms with Crippen molar-refractivity contribution in [2.45, 2.75) is 6.92 Å². The number of benzene rings is 3. The van der Waals surface area contributed by atoms with Crippen LogP contribution in [-0.2, 0) is 9.53 Å². The third-order valence-corrected chi connectivity index (χ3v) is 4.82. The van der Waals surface area contributed by atoms with Crippen molar-refractivity contribution < 1.29 is 28.7 Å². The number of rotatable bonds is 5. The SMILES string of the molecule is COC(=O)c1ccc(N2C(=O)c3ccc(Oc4ccc(NC(C)=O)cc4)cc3C2=O)cc1. The van der Waals surface area contributed by atoms with Crippen LogP contribution in [0.25, 0.3) is 0 Å². The van der Waals surface area contributed by atoms with Crippen LogP contribution in [0.3, 0.4) is 0 Å². The van der Waals surface area contributed by atoms with Crippen LogP contribution in [0, 0.1) is 0 Å². The Kier molecular flexibility index (Phi) is 5.43. The fraction of sp³-hybridized carbons (Fsp3) is 0.0833. The van der Waals surface area contributed by atoms with Crippen LogP contribution in [0.4, 0.5) is 11.4 Å². The monoisotopic (exact) mass is 430 g/mol. The summed E-state index contributed by atoms with van der Waals surface area (Å²) in [5.74, 6) is -0.730. The van der Waals surface area contributed by atoms with Gasteiger partial charge >= 0.3 is 5.97 Å². The van der Waals surface area contributed by atoms with Crippen LogP contribution in [0.15, 0.2) is 66.7 Å². The minimum absolute atomic E-state index is 0.176. The number of methoxy groups -OCH3 is 1. The lowest BCUT2D eigenvalue weighted by atomic mass is 10.1. The van der Waals surface area contributed by atoms with Crippen LogP contribution in [-0.4, -0.2) is 30.8 Å². The van der Waals surface area contributed by atoms with E-state index < -0.39 is 17.8 Å². The molecule has 1 aliphatic rings. The molecule has 8 heteroatoms. The molecule has 0 unspecified atom stereocenters. The zero-order valence-corrected chi connectivity index (χ0v) is 17.2. The predicted molar refractivity (Wildman–Crippen MR) is 116 cm³/mol. The van der Waals surface area contributed by atoms with Gasteiger partial charge in [-0.05, 0) is 66.7 Å². The van der Waals surface area contributed by atoms with E-state index in [-0.39, 0.29) is 17.0 Å². The van der Waals surface area contributed by atoms with Crippen LogP contribution in [0.5, 0.6) is 11.5 Å². The van der Waals surface area contributed by atoms with Crippen molar-refractivity contribution in [2.24, 2.45) is 0 Å². The number of hydrogen-bond acceptors (Lipinski definition) is 6. The Labute approximate surface area is 183 Å². The Bertz CT molecular complexity index is 1230. The minimum atomic E-state index is -0.509. The highest BCUT2D eigenvalue weighted by molar-refractivity contribution is 6.34. The standard InChI is InChI=1S/C24H18N2O6/c1-14(27)25-16-5-9-18(10-6-16)32-19-11-12-20-21(13-19)23(29)26(22(20)28)17-7-3-15(4-8-17)24(30)31-2/h3-13H,1-2H3,(H,25,27). The molecule has 1 aliphatic heterocycles. The van der Waals surface area contributed by atoms with Crippen LogP contribution in [0.2, 0.25) is 0 Å². The molecule has 8 nitrogen and oxygen atoms in total. The molecular weight excluding hydrogens is 412 g/mol. The molecule has 0 saturated carbocycles. The molecule has 3 amide bonds. The lowest BCUT2D eigenvalue weighted by Gasteiger charge is -2.14. The summed E-state index contributed by atoms with van der Waals surface area (Å²) in [5, 5.41) is 2.67. The summed E-state index contributed by atoms with van der Waals surface area (Å²) in [6.45, 7) is 1.42. The highest BCUT2D eigenvalue weighted by Crippen LogP contribution is 2.32. The number of hydrogen-bond donors (Lipinski definition) is 1. The number of nitrogens with zero attached hydrogens (tertiary/aromatic N) is 1. The van der Waals surface area contributed by atoms with E-state index in [2.05, 4.69) is 10.1 Å². The molecule has 0 aliphatic carbocycles. The van der Waals surface area contributed by atoms with E-state index >= 15 is 0 Å². The van der Waals surface area contributed by atoms with Crippen molar-refractivity contribution in [3.05, 3.63) is 83.4 Å². The van der Waals surface area contributed by atoms with E-state index in [1.54, 1.807) is 36.4 Å². The lowest BCUT2D eigenvalue weighted by Crippen LogP contribution is -2.29. The summed E-state index contributed by atoms with van der Waals surface area (Å²) >= 11 is 0. The Balaban J connectivity index is 1.55. The van der Waals surface area contributed by atoms with Gasteiger partial charge in [-0.3, -0.25) is 14.4 Å². The van der Waals surface area contributed by atoms with Gasteiger partial charge < -0.3 is 14.8 Å². The molecule has 3 aromatic carbocycles. The molecule has 4 rings (SSSR count). The Morgan fingerprint density at radius 3 is 2.06 bits per heavy atom. The summed E-state index contributed by atoms with van der Waals surface area (Å²) in [4.78, 5) is 49.5. The molecule has 0 spiro atoms. The summed E-state index contributed by atoms with van der Waals surface area (Å²) < 4.78 is 10.5. The molecule has 160 valence electrons. The van der Waals surface area contributed by atoms with Crippen LogP contribution < -0.4 is 15.0 Å². The van der Waals surface area contributed by atoms with Gasteiger partial charge in [0.25, 0.3) is 11.8 Å². The number of anilines is 2. The number of carbonyl (C=O) groups excluding carboxylic acids is 4. The molecule has 0 bridgehead atoms. The zero-order valence-electron chi connectivity index (χ0n) is 17.2. The van der Waals surface area contributed by atoms with E-state index in [1.165, 1.54) is 44.4 Å². The molecule has 0 aromatic heterocycles. The molecular formula is C24H18N2O6. The average molecular weight is 430 g/mol. The topological polar surface area (TPSA) is 102 Å². The number of nitrogens with one attached hydrogen (secondary N) is 1. The number of amides is 3. The molecule has 0 saturated heterocycles. The van der Waals surface area contributed by atoms with Gasteiger partial charge in [0, 0.05) is 12.6 Å². The van der Waals surface area contributed by atoms with Crippen LogP contribution in [0.1, 0.15) is 38.0 Å². The fourth-order valence-electron chi connectivity index (χ4n) is 3.33. The second-order valence-corrected chi connectivity index (χ2v) is 7.00. The van der Waals surface area contributed by atoms with Crippen molar-refractivity contribution in [3.63, 3.8) is 0 Å². The van der Waals surface area contributed by atoms with Crippen molar-refractivity contribution in [3.8, 4) is 11.5 Å². The number of esters is 1.